The van der Waals surface area contributed by atoms with E-state index in [0.29, 0.717) is 16.9 Å². The third kappa shape index (κ3) is 1.30. The van der Waals surface area contributed by atoms with E-state index in [1.165, 1.54) is 6.20 Å². The van der Waals surface area contributed by atoms with Crippen LogP contribution in [0.3, 0.4) is 0 Å². The first-order valence-corrected chi connectivity index (χ1v) is 4.42. The number of hydrogen-bond acceptors (Lipinski definition) is 3. The quantitative estimate of drug-likeness (QED) is 0.652. The Morgan fingerprint density at radius 1 is 1.36 bits per heavy atom. The van der Waals surface area contributed by atoms with Crippen LogP contribution >= 0.6 is 0 Å². The van der Waals surface area contributed by atoms with Gasteiger partial charge in [0.05, 0.1) is 6.20 Å². The molecule has 0 amide bonds. The molecule has 2 aromatic heterocycles. The standard InChI is InChI=1S/C9H12N4O/c1-9(2,3)8-11-6-5(4-10-13-6)7(14)12-8/h4H,1-3H3,(H2,10,11,12,13,14). The maximum atomic E-state index is 11.6. The van der Waals surface area contributed by atoms with Crippen LogP contribution in [0, 0.1) is 0 Å². The first-order chi connectivity index (χ1) is 6.48. The van der Waals surface area contributed by atoms with Crippen LogP contribution in [0.15, 0.2) is 11.0 Å². The zero-order valence-electron chi connectivity index (χ0n) is 8.38. The molecule has 14 heavy (non-hydrogen) atoms. The molecule has 0 atom stereocenters. The summed E-state index contributed by atoms with van der Waals surface area (Å²) in [5.74, 6) is 0.666. The predicted molar refractivity (Wildman–Crippen MR) is 53.2 cm³/mol. The lowest BCUT2D eigenvalue weighted by Crippen LogP contribution is -2.21. The third-order valence-electron chi connectivity index (χ3n) is 2.03. The van der Waals surface area contributed by atoms with Gasteiger partial charge in [-0.15, -0.1) is 0 Å². The normalized spacial score (nSPS) is 12.2. The fraction of sp³-hybridized carbons (Fsp3) is 0.444. The second-order valence-corrected chi connectivity index (χ2v) is 4.30. The van der Waals surface area contributed by atoms with Gasteiger partial charge in [-0.3, -0.25) is 9.89 Å². The summed E-state index contributed by atoms with van der Waals surface area (Å²) in [4.78, 5) is 18.6. The van der Waals surface area contributed by atoms with Crippen molar-refractivity contribution in [1.29, 1.82) is 0 Å². The Morgan fingerprint density at radius 3 is 2.71 bits per heavy atom. The van der Waals surface area contributed by atoms with E-state index < -0.39 is 0 Å². The molecule has 0 spiro atoms. The van der Waals surface area contributed by atoms with E-state index in [2.05, 4.69) is 20.2 Å². The van der Waals surface area contributed by atoms with Crippen molar-refractivity contribution in [2.75, 3.05) is 0 Å². The molecular formula is C9H12N4O. The molecule has 0 aliphatic heterocycles. The van der Waals surface area contributed by atoms with Crippen molar-refractivity contribution in [1.82, 2.24) is 20.2 Å². The van der Waals surface area contributed by atoms with Gasteiger partial charge in [-0.25, -0.2) is 4.98 Å². The summed E-state index contributed by atoms with van der Waals surface area (Å²) in [5, 5.41) is 6.97. The summed E-state index contributed by atoms with van der Waals surface area (Å²) in [5.41, 5.74) is 0.228. The SMILES string of the molecule is CC(C)(C)c1nc2[nH]ncc2c(=O)[nH]1. The van der Waals surface area contributed by atoms with Crippen molar-refractivity contribution in [2.24, 2.45) is 0 Å². The Bertz CT molecular complexity index is 517. The van der Waals surface area contributed by atoms with Crippen LogP contribution in [0.5, 0.6) is 0 Å². The van der Waals surface area contributed by atoms with Gasteiger partial charge in [-0.1, -0.05) is 20.8 Å². The number of rotatable bonds is 0. The average Bonchev–Trinajstić information content (AvgIpc) is 2.50. The third-order valence-corrected chi connectivity index (χ3v) is 2.03. The number of hydrogen-bond donors (Lipinski definition) is 2. The number of aromatic amines is 2. The predicted octanol–water partition coefficient (Wildman–Crippen LogP) is 0.944. The van der Waals surface area contributed by atoms with E-state index in [1.54, 1.807) is 0 Å². The second kappa shape index (κ2) is 2.67. The fourth-order valence-corrected chi connectivity index (χ4v) is 1.20. The van der Waals surface area contributed by atoms with E-state index in [4.69, 9.17) is 0 Å². The summed E-state index contributed by atoms with van der Waals surface area (Å²) in [6.45, 7) is 5.98. The molecule has 0 unspecified atom stereocenters. The van der Waals surface area contributed by atoms with Gasteiger partial charge in [-0.05, 0) is 0 Å². The molecule has 0 aliphatic rings. The summed E-state index contributed by atoms with van der Waals surface area (Å²) in [6.07, 6.45) is 1.48. The molecule has 0 saturated heterocycles. The molecule has 0 fully saturated rings. The van der Waals surface area contributed by atoms with Crippen molar-refractivity contribution in [3.05, 3.63) is 22.4 Å². The largest absolute Gasteiger partial charge is 0.309 e. The Balaban J connectivity index is 2.77. The smallest absolute Gasteiger partial charge is 0.262 e. The zero-order chi connectivity index (χ0) is 10.3. The van der Waals surface area contributed by atoms with Gasteiger partial charge in [0, 0.05) is 5.41 Å². The molecular weight excluding hydrogens is 180 g/mol. The molecule has 2 rings (SSSR count). The van der Waals surface area contributed by atoms with Crippen LogP contribution in [-0.2, 0) is 5.41 Å². The Labute approximate surface area is 80.6 Å². The molecule has 2 aromatic rings. The number of H-pyrrole nitrogens is 2. The number of fused-ring (bicyclic) bond motifs is 1. The minimum absolute atomic E-state index is 0.145. The number of nitrogens with one attached hydrogen (secondary N) is 2. The van der Waals surface area contributed by atoms with Crippen molar-refractivity contribution >= 4 is 11.0 Å². The molecule has 5 heteroatoms. The zero-order valence-corrected chi connectivity index (χ0v) is 8.38. The lowest BCUT2D eigenvalue weighted by molar-refractivity contribution is 0.545. The summed E-state index contributed by atoms with van der Waals surface area (Å²) < 4.78 is 0. The molecule has 2 heterocycles. The van der Waals surface area contributed by atoms with Crippen LogP contribution in [0.25, 0.3) is 11.0 Å². The highest BCUT2D eigenvalue weighted by Gasteiger charge is 2.18. The molecule has 74 valence electrons. The molecule has 5 nitrogen and oxygen atoms in total. The van der Waals surface area contributed by atoms with Gasteiger partial charge in [-0.2, -0.15) is 5.10 Å². The van der Waals surface area contributed by atoms with Crippen LogP contribution in [0.4, 0.5) is 0 Å². The van der Waals surface area contributed by atoms with E-state index in [1.807, 2.05) is 20.8 Å². The maximum absolute atomic E-state index is 11.6. The Morgan fingerprint density at radius 2 is 2.07 bits per heavy atom. The molecule has 0 radical (unpaired) electrons. The van der Waals surface area contributed by atoms with Crippen LogP contribution < -0.4 is 5.56 Å². The van der Waals surface area contributed by atoms with Crippen molar-refractivity contribution in [2.45, 2.75) is 26.2 Å². The van der Waals surface area contributed by atoms with E-state index in [9.17, 15) is 4.79 Å². The highest BCUT2D eigenvalue weighted by molar-refractivity contribution is 5.72. The molecule has 2 N–H and O–H groups in total. The Hall–Kier alpha value is -1.65. The maximum Gasteiger partial charge on any atom is 0.262 e. The van der Waals surface area contributed by atoms with Crippen molar-refractivity contribution in [3.8, 4) is 0 Å². The lowest BCUT2D eigenvalue weighted by atomic mass is 9.96. The number of aromatic nitrogens is 4. The number of nitrogens with zero attached hydrogens (tertiary/aromatic N) is 2. The Kier molecular flexibility index (Phi) is 1.70. The van der Waals surface area contributed by atoms with Gasteiger partial charge >= 0.3 is 0 Å². The van der Waals surface area contributed by atoms with Crippen LogP contribution in [-0.4, -0.2) is 20.2 Å². The first kappa shape index (κ1) is 8.93. The van der Waals surface area contributed by atoms with Crippen LogP contribution in [0.1, 0.15) is 26.6 Å². The van der Waals surface area contributed by atoms with Gasteiger partial charge in [0.2, 0.25) is 0 Å². The topological polar surface area (TPSA) is 74.4 Å². The van der Waals surface area contributed by atoms with Gasteiger partial charge < -0.3 is 4.98 Å². The van der Waals surface area contributed by atoms with E-state index in [0.717, 1.165) is 0 Å². The molecule has 0 bridgehead atoms. The van der Waals surface area contributed by atoms with Gasteiger partial charge in [0.25, 0.3) is 5.56 Å². The highest BCUT2D eigenvalue weighted by Crippen LogP contribution is 2.17. The van der Waals surface area contributed by atoms with Gasteiger partial charge in [0.15, 0.2) is 5.65 Å². The van der Waals surface area contributed by atoms with E-state index in [-0.39, 0.29) is 11.0 Å². The molecule has 0 saturated carbocycles. The van der Waals surface area contributed by atoms with Gasteiger partial charge in [0.1, 0.15) is 11.2 Å². The summed E-state index contributed by atoms with van der Waals surface area (Å²) in [7, 11) is 0. The lowest BCUT2D eigenvalue weighted by Gasteiger charge is -2.16. The molecule has 0 aliphatic carbocycles. The minimum atomic E-state index is -0.168. The van der Waals surface area contributed by atoms with Crippen molar-refractivity contribution < 1.29 is 0 Å². The highest BCUT2D eigenvalue weighted by atomic mass is 16.1. The first-order valence-electron chi connectivity index (χ1n) is 4.42. The minimum Gasteiger partial charge on any atom is -0.309 e. The van der Waals surface area contributed by atoms with E-state index >= 15 is 0 Å². The van der Waals surface area contributed by atoms with Crippen LogP contribution in [0.2, 0.25) is 0 Å². The monoisotopic (exact) mass is 192 g/mol. The van der Waals surface area contributed by atoms with Crippen molar-refractivity contribution in [3.63, 3.8) is 0 Å². The summed E-state index contributed by atoms with van der Waals surface area (Å²) >= 11 is 0. The summed E-state index contributed by atoms with van der Waals surface area (Å²) in [6, 6.07) is 0. The average molecular weight is 192 g/mol. The fourth-order valence-electron chi connectivity index (χ4n) is 1.20. The second-order valence-electron chi connectivity index (χ2n) is 4.30. The molecule has 0 aromatic carbocycles.